The van der Waals surface area contributed by atoms with Crippen molar-refractivity contribution in [3.8, 4) is 5.75 Å². The lowest BCUT2D eigenvalue weighted by atomic mass is 10.2. The second-order valence-corrected chi connectivity index (χ2v) is 6.17. The van der Waals surface area contributed by atoms with E-state index in [-0.39, 0.29) is 18.0 Å². The van der Waals surface area contributed by atoms with Crippen LogP contribution in [0.1, 0.15) is 6.42 Å². The van der Waals surface area contributed by atoms with E-state index in [4.69, 9.17) is 9.47 Å². The highest BCUT2D eigenvalue weighted by atomic mass is 16.5. The fourth-order valence-electron chi connectivity index (χ4n) is 2.46. The quantitative estimate of drug-likeness (QED) is 0.808. The number of rotatable bonds is 6. The van der Waals surface area contributed by atoms with Crippen molar-refractivity contribution in [3.05, 3.63) is 36.5 Å². The third-order valence-electron chi connectivity index (χ3n) is 3.72. The summed E-state index contributed by atoms with van der Waals surface area (Å²) in [6.45, 7) is 2.04. The summed E-state index contributed by atoms with van der Waals surface area (Å²) in [6, 6.07) is 5.65. The molecule has 132 valence electrons. The Balaban J connectivity index is 1.69. The molecule has 0 spiro atoms. The van der Waals surface area contributed by atoms with E-state index in [9.17, 15) is 4.79 Å². The number of carbonyl (C=O) groups is 1. The molecule has 1 fully saturated rings. The number of anilines is 1. The van der Waals surface area contributed by atoms with Crippen molar-refractivity contribution >= 4 is 22.8 Å². The average Bonchev–Trinajstić information content (AvgIpc) is 3.07. The van der Waals surface area contributed by atoms with E-state index < -0.39 is 0 Å². The topological polar surface area (TPSA) is 76.6 Å². The van der Waals surface area contributed by atoms with E-state index in [0.29, 0.717) is 13.2 Å². The Morgan fingerprint density at radius 1 is 1.48 bits per heavy atom. The van der Waals surface area contributed by atoms with Crippen LogP contribution in [0.3, 0.4) is 0 Å². The lowest BCUT2D eigenvalue weighted by Crippen LogP contribution is -2.15. The van der Waals surface area contributed by atoms with Gasteiger partial charge >= 0.3 is 0 Å². The Morgan fingerprint density at radius 2 is 2.36 bits per heavy atom. The van der Waals surface area contributed by atoms with Gasteiger partial charge in [-0.2, -0.15) is 0 Å². The molecule has 1 saturated heterocycles. The summed E-state index contributed by atoms with van der Waals surface area (Å²) in [6.07, 6.45) is 5.92. The Labute approximate surface area is 146 Å². The van der Waals surface area contributed by atoms with Gasteiger partial charge in [-0.3, -0.25) is 10.1 Å². The maximum absolute atomic E-state index is 11.9. The molecule has 7 nitrogen and oxygen atoms in total. The molecule has 2 heterocycles. The van der Waals surface area contributed by atoms with Crippen LogP contribution in [0.5, 0.6) is 5.75 Å². The molecule has 1 aromatic carbocycles. The van der Waals surface area contributed by atoms with E-state index >= 15 is 0 Å². The molecular weight excluding hydrogens is 320 g/mol. The molecule has 0 bridgehead atoms. The Hall–Kier alpha value is -2.51. The van der Waals surface area contributed by atoms with Crippen molar-refractivity contribution in [2.24, 2.45) is 0 Å². The number of nitrogens with zero attached hydrogens (tertiary/aromatic N) is 3. The summed E-state index contributed by atoms with van der Waals surface area (Å²) in [5.74, 6) is 0.759. The zero-order valence-electron chi connectivity index (χ0n) is 14.4. The molecule has 0 saturated carbocycles. The summed E-state index contributed by atoms with van der Waals surface area (Å²) in [7, 11) is 3.87. The molecule has 1 aliphatic rings. The van der Waals surface area contributed by atoms with Gasteiger partial charge in [-0.1, -0.05) is 6.08 Å². The minimum absolute atomic E-state index is 0.0836. The van der Waals surface area contributed by atoms with Crippen molar-refractivity contribution in [3.63, 3.8) is 0 Å². The van der Waals surface area contributed by atoms with Crippen molar-refractivity contribution in [2.45, 2.75) is 12.5 Å². The highest BCUT2D eigenvalue weighted by Crippen LogP contribution is 2.22. The van der Waals surface area contributed by atoms with Gasteiger partial charge in [0.2, 0.25) is 11.9 Å². The van der Waals surface area contributed by atoms with Crippen LogP contribution in [0.4, 0.5) is 5.95 Å². The maximum Gasteiger partial charge on any atom is 0.250 e. The molecule has 1 N–H and O–H groups in total. The van der Waals surface area contributed by atoms with Gasteiger partial charge in [-0.15, -0.1) is 0 Å². The molecule has 0 radical (unpaired) electrons. The normalized spacial score (nSPS) is 17.5. The van der Waals surface area contributed by atoms with Crippen LogP contribution in [-0.2, 0) is 9.53 Å². The van der Waals surface area contributed by atoms with Crippen LogP contribution in [0.15, 0.2) is 36.5 Å². The minimum atomic E-state index is -0.253. The summed E-state index contributed by atoms with van der Waals surface area (Å²) >= 11 is 0. The predicted octanol–water partition coefficient (Wildman–Crippen LogP) is 1.85. The molecule has 3 rings (SSSR count). The van der Waals surface area contributed by atoms with Gasteiger partial charge in [0.25, 0.3) is 0 Å². The maximum atomic E-state index is 11.9. The molecule has 1 atom stereocenters. The number of ether oxygens (including phenoxy) is 2. The van der Waals surface area contributed by atoms with E-state index in [0.717, 1.165) is 29.7 Å². The Bertz CT molecular complexity index is 770. The van der Waals surface area contributed by atoms with Crippen molar-refractivity contribution in [1.82, 2.24) is 14.9 Å². The standard InChI is InChI=1S/C18H22N4O3/c1-22(2)8-3-4-17(23)21-18-19-11-13-5-6-14(10-16(13)20-18)25-15-7-9-24-12-15/h3-6,10-11,15H,7-9,12H2,1-2H3,(H,19,20,21,23)/b4-3+/t15-/m0/s1. The molecule has 0 unspecified atom stereocenters. The van der Waals surface area contributed by atoms with Crippen molar-refractivity contribution < 1.29 is 14.3 Å². The minimum Gasteiger partial charge on any atom is -0.488 e. The first kappa shape index (κ1) is 17.3. The summed E-state index contributed by atoms with van der Waals surface area (Å²) in [5.41, 5.74) is 0.721. The van der Waals surface area contributed by atoms with Gasteiger partial charge in [-0.25, -0.2) is 9.97 Å². The smallest absolute Gasteiger partial charge is 0.250 e. The van der Waals surface area contributed by atoms with E-state index in [1.54, 1.807) is 12.3 Å². The number of amides is 1. The number of nitrogens with one attached hydrogen (secondary N) is 1. The Kier molecular flexibility index (Phi) is 5.57. The van der Waals surface area contributed by atoms with Crippen LogP contribution in [0.2, 0.25) is 0 Å². The van der Waals surface area contributed by atoms with Gasteiger partial charge < -0.3 is 14.4 Å². The number of carbonyl (C=O) groups excluding carboxylic acids is 1. The third-order valence-corrected chi connectivity index (χ3v) is 3.72. The van der Waals surface area contributed by atoms with Crippen molar-refractivity contribution in [2.75, 3.05) is 39.2 Å². The van der Waals surface area contributed by atoms with Gasteiger partial charge in [0.1, 0.15) is 11.9 Å². The highest BCUT2D eigenvalue weighted by molar-refractivity contribution is 5.98. The van der Waals surface area contributed by atoms with Crippen molar-refractivity contribution in [1.29, 1.82) is 0 Å². The van der Waals surface area contributed by atoms with Gasteiger partial charge in [0, 0.05) is 36.7 Å². The van der Waals surface area contributed by atoms with E-state index in [1.807, 2.05) is 37.2 Å². The average molecular weight is 342 g/mol. The molecular formula is C18H22N4O3. The third kappa shape index (κ3) is 4.98. The highest BCUT2D eigenvalue weighted by Gasteiger charge is 2.17. The molecule has 2 aromatic rings. The molecule has 1 amide bonds. The van der Waals surface area contributed by atoms with Crippen LogP contribution in [0, 0.1) is 0 Å². The van der Waals surface area contributed by atoms with Gasteiger partial charge in [0.15, 0.2) is 0 Å². The van der Waals surface area contributed by atoms with E-state index in [1.165, 1.54) is 6.08 Å². The Morgan fingerprint density at radius 3 is 3.12 bits per heavy atom. The molecule has 1 aromatic heterocycles. The monoisotopic (exact) mass is 342 g/mol. The number of fused-ring (bicyclic) bond motifs is 1. The van der Waals surface area contributed by atoms with Crippen LogP contribution >= 0.6 is 0 Å². The van der Waals surface area contributed by atoms with E-state index in [2.05, 4.69) is 15.3 Å². The number of hydrogen-bond acceptors (Lipinski definition) is 6. The number of aromatic nitrogens is 2. The summed E-state index contributed by atoms with van der Waals surface area (Å²) < 4.78 is 11.2. The number of likely N-dealkylation sites (N-methyl/N-ethyl adjacent to an activating group) is 1. The lowest BCUT2D eigenvalue weighted by Gasteiger charge is -2.12. The van der Waals surface area contributed by atoms with Gasteiger partial charge in [-0.05, 0) is 26.2 Å². The zero-order valence-corrected chi connectivity index (χ0v) is 14.4. The second-order valence-electron chi connectivity index (χ2n) is 6.17. The van der Waals surface area contributed by atoms with Gasteiger partial charge in [0.05, 0.1) is 18.7 Å². The van der Waals surface area contributed by atoms with Crippen LogP contribution in [0.25, 0.3) is 10.9 Å². The lowest BCUT2D eigenvalue weighted by molar-refractivity contribution is -0.112. The fourth-order valence-corrected chi connectivity index (χ4v) is 2.46. The first-order valence-corrected chi connectivity index (χ1v) is 8.23. The second kappa shape index (κ2) is 8.04. The zero-order chi connectivity index (χ0) is 17.6. The molecule has 25 heavy (non-hydrogen) atoms. The van der Waals surface area contributed by atoms with Crippen LogP contribution < -0.4 is 10.1 Å². The first-order chi connectivity index (χ1) is 12.1. The number of benzene rings is 1. The molecule has 1 aliphatic heterocycles. The van der Waals surface area contributed by atoms with Crippen LogP contribution in [-0.4, -0.2) is 60.7 Å². The molecule has 7 heteroatoms. The largest absolute Gasteiger partial charge is 0.488 e. The summed E-state index contributed by atoms with van der Waals surface area (Å²) in [4.78, 5) is 22.4. The molecule has 0 aliphatic carbocycles. The SMILES string of the molecule is CN(C)C/C=C/C(=O)Nc1ncc2ccc(O[C@H]3CCOC3)cc2n1. The fraction of sp³-hybridized carbons (Fsp3) is 0.389. The summed E-state index contributed by atoms with van der Waals surface area (Å²) in [5, 5.41) is 3.56. The first-order valence-electron chi connectivity index (χ1n) is 8.23. The number of hydrogen-bond donors (Lipinski definition) is 1. The predicted molar refractivity (Wildman–Crippen MR) is 95.7 cm³/mol.